The van der Waals surface area contributed by atoms with Gasteiger partial charge in [-0.3, -0.25) is 9.59 Å². The highest BCUT2D eigenvalue weighted by molar-refractivity contribution is 5.97. The van der Waals surface area contributed by atoms with Crippen LogP contribution >= 0.6 is 0 Å². The Morgan fingerprint density at radius 2 is 1.84 bits per heavy atom. The number of imidazole rings is 1. The Balaban J connectivity index is 1.10. The molecule has 0 radical (unpaired) electrons. The second-order valence-electron chi connectivity index (χ2n) is 8.24. The lowest BCUT2D eigenvalue weighted by Gasteiger charge is -2.20. The van der Waals surface area contributed by atoms with Crippen LogP contribution in [0.3, 0.4) is 0 Å². The summed E-state index contributed by atoms with van der Waals surface area (Å²) in [4.78, 5) is 42.2. The molecule has 5 rings (SSSR count). The number of aromatic carboxylic acids is 1. The monoisotopic (exact) mass is 418 g/mol. The quantitative estimate of drug-likeness (QED) is 0.639. The summed E-state index contributed by atoms with van der Waals surface area (Å²) in [6.45, 7) is 1.99. The Morgan fingerprint density at radius 1 is 1.06 bits per heavy atom. The second-order valence-corrected chi connectivity index (χ2v) is 8.24. The summed E-state index contributed by atoms with van der Waals surface area (Å²) in [6.07, 6.45) is 6.17. The molecule has 3 aromatic rings. The van der Waals surface area contributed by atoms with Crippen molar-refractivity contribution in [3.8, 4) is 0 Å². The minimum atomic E-state index is -1.04. The van der Waals surface area contributed by atoms with Crippen LogP contribution in [0.1, 0.15) is 37.5 Å². The third-order valence-corrected chi connectivity index (χ3v) is 6.43. The Morgan fingerprint density at radius 3 is 2.61 bits per heavy atom. The van der Waals surface area contributed by atoms with E-state index in [-0.39, 0.29) is 17.4 Å². The van der Waals surface area contributed by atoms with E-state index in [0.717, 1.165) is 12.1 Å². The van der Waals surface area contributed by atoms with E-state index in [1.165, 1.54) is 12.1 Å². The predicted octanol–water partition coefficient (Wildman–Crippen LogP) is 2.17. The number of benzene rings is 1. The fourth-order valence-electron chi connectivity index (χ4n) is 4.72. The number of hydrogen-bond acceptors (Lipinski definition) is 4. The summed E-state index contributed by atoms with van der Waals surface area (Å²) in [7, 11) is 0. The molecule has 1 saturated heterocycles. The van der Waals surface area contributed by atoms with Gasteiger partial charge in [-0.25, -0.2) is 9.78 Å². The first-order valence-electron chi connectivity index (χ1n) is 10.3. The molecule has 1 saturated carbocycles. The van der Waals surface area contributed by atoms with Gasteiger partial charge in [-0.15, -0.1) is 0 Å². The second kappa shape index (κ2) is 7.54. The number of aromatic nitrogens is 2. The van der Waals surface area contributed by atoms with Crippen molar-refractivity contribution in [3.63, 3.8) is 0 Å². The van der Waals surface area contributed by atoms with Gasteiger partial charge >= 0.3 is 5.97 Å². The number of nitrogens with one attached hydrogen (secondary N) is 1. The Labute approximate surface area is 178 Å². The van der Waals surface area contributed by atoms with Crippen LogP contribution in [0.4, 0.5) is 0 Å². The molecule has 1 aliphatic heterocycles. The first-order valence-corrected chi connectivity index (χ1v) is 10.3. The molecule has 158 valence electrons. The van der Waals surface area contributed by atoms with Crippen LogP contribution < -0.4 is 5.32 Å². The summed E-state index contributed by atoms with van der Waals surface area (Å²) < 4.78 is 1.82. The number of fused-ring (bicyclic) bond motifs is 2. The number of carbonyl (C=O) groups is 3. The normalized spacial score (nSPS) is 21.7. The van der Waals surface area contributed by atoms with Crippen molar-refractivity contribution in [1.82, 2.24) is 19.6 Å². The lowest BCUT2D eigenvalue weighted by Crippen LogP contribution is -2.32. The van der Waals surface area contributed by atoms with Crippen molar-refractivity contribution >= 4 is 23.4 Å². The van der Waals surface area contributed by atoms with Crippen molar-refractivity contribution in [2.75, 3.05) is 19.6 Å². The van der Waals surface area contributed by atoms with Crippen LogP contribution in [0.15, 0.2) is 55.0 Å². The van der Waals surface area contributed by atoms with Gasteiger partial charge < -0.3 is 19.7 Å². The lowest BCUT2D eigenvalue weighted by atomic mass is 10.1. The molecule has 0 unspecified atom stereocenters. The van der Waals surface area contributed by atoms with Crippen LogP contribution in [0.2, 0.25) is 0 Å². The van der Waals surface area contributed by atoms with Crippen molar-refractivity contribution in [1.29, 1.82) is 0 Å². The highest BCUT2D eigenvalue weighted by Gasteiger charge is 2.55. The molecular formula is C23H22N4O4. The summed E-state index contributed by atoms with van der Waals surface area (Å²) in [5.41, 5.74) is 1.94. The van der Waals surface area contributed by atoms with Crippen LogP contribution in [0.5, 0.6) is 0 Å². The number of amides is 2. The fraction of sp³-hybridized carbons (Fsp3) is 0.304. The molecular weight excluding hydrogens is 396 g/mol. The first kappa shape index (κ1) is 19.3. The molecule has 0 spiro atoms. The summed E-state index contributed by atoms with van der Waals surface area (Å²) in [6, 6.07) is 9.77. The number of carbonyl (C=O) groups excluding carboxylic acids is 2. The average Bonchev–Trinajstić information content (AvgIpc) is 3.15. The maximum Gasteiger partial charge on any atom is 0.335 e. The van der Waals surface area contributed by atoms with Gasteiger partial charge in [0.2, 0.25) is 0 Å². The Hall–Kier alpha value is -3.68. The van der Waals surface area contributed by atoms with Gasteiger partial charge in [-0.1, -0.05) is 6.07 Å². The molecule has 3 heterocycles. The molecule has 1 aliphatic carbocycles. The summed E-state index contributed by atoms with van der Waals surface area (Å²) in [5, 5.41) is 12.1. The topological polar surface area (TPSA) is 104 Å². The van der Waals surface area contributed by atoms with Crippen LogP contribution in [0.25, 0.3) is 5.65 Å². The zero-order valence-electron chi connectivity index (χ0n) is 16.8. The first-order chi connectivity index (χ1) is 15.0. The molecule has 31 heavy (non-hydrogen) atoms. The van der Waals surface area contributed by atoms with E-state index in [0.29, 0.717) is 48.5 Å². The van der Waals surface area contributed by atoms with Crippen LogP contribution in [0, 0.1) is 17.8 Å². The maximum atomic E-state index is 12.7. The lowest BCUT2D eigenvalue weighted by molar-refractivity contribution is 0.0696. The molecule has 2 aliphatic rings. The van der Waals surface area contributed by atoms with E-state index < -0.39 is 5.97 Å². The highest BCUT2D eigenvalue weighted by Crippen LogP contribution is 2.53. The van der Waals surface area contributed by atoms with Gasteiger partial charge in [0.05, 0.1) is 11.1 Å². The van der Waals surface area contributed by atoms with E-state index in [4.69, 9.17) is 5.11 Å². The molecule has 0 bridgehead atoms. The summed E-state index contributed by atoms with van der Waals surface area (Å²) in [5.74, 6) is 0.196. The summed E-state index contributed by atoms with van der Waals surface area (Å²) >= 11 is 0. The third-order valence-electron chi connectivity index (χ3n) is 6.43. The smallest absolute Gasteiger partial charge is 0.335 e. The van der Waals surface area contributed by atoms with Crippen LogP contribution in [-0.2, 0) is 0 Å². The standard InChI is InChI=1S/C23H22N4O4/c28-21(16-4-5-20-24-8-9-26(20)11-16)25-7-6-17-18-12-27(13-19(17)18)22(29)14-2-1-3-15(10-14)23(30)31/h1-5,8-11,17-19H,6-7,12-13H2,(H,25,28)(H,30,31)/t17-,18-,19+. The van der Waals surface area contributed by atoms with Gasteiger partial charge in [0.15, 0.2) is 0 Å². The number of hydrogen-bond donors (Lipinski definition) is 2. The number of rotatable bonds is 6. The molecule has 1 aromatic carbocycles. The number of likely N-dealkylation sites (tertiary alicyclic amines) is 1. The van der Waals surface area contributed by atoms with Gasteiger partial charge in [-0.2, -0.15) is 0 Å². The van der Waals surface area contributed by atoms with E-state index in [9.17, 15) is 14.4 Å². The molecule has 8 heteroatoms. The van der Waals surface area contributed by atoms with Gasteiger partial charge in [0.1, 0.15) is 5.65 Å². The SMILES string of the molecule is O=C(O)c1cccc(C(=O)N2C[C@@H]3[C@@H](CCNC(=O)c4ccc5nccn5c4)[C@@H]3C2)c1. The largest absolute Gasteiger partial charge is 0.478 e. The molecule has 2 N–H and O–H groups in total. The number of carboxylic acids is 1. The molecule has 2 amide bonds. The van der Waals surface area contributed by atoms with E-state index in [1.807, 2.05) is 21.6 Å². The van der Waals surface area contributed by atoms with Crippen molar-refractivity contribution in [3.05, 3.63) is 71.7 Å². The van der Waals surface area contributed by atoms with Gasteiger partial charge in [-0.05, 0) is 54.5 Å². The zero-order valence-corrected chi connectivity index (χ0v) is 16.8. The van der Waals surface area contributed by atoms with Crippen molar-refractivity contribution in [2.24, 2.45) is 17.8 Å². The van der Waals surface area contributed by atoms with E-state index in [1.54, 1.807) is 30.6 Å². The predicted molar refractivity (Wildman–Crippen MR) is 112 cm³/mol. The number of pyridine rings is 1. The minimum absolute atomic E-state index is 0.100. The molecule has 2 fully saturated rings. The van der Waals surface area contributed by atoms with E-state index >= 15 is 0 Å². The Bertz CT molecular complexity index is 1180. The van der Waals surface area contributed by atoms with Gasteiger partial charge in [0.25, 0.3) is 11.8 Å². The molecule has 3 atom stereocenters. The third kappa shape index (κ3) is 3.65. The van der Waals surface area contributed by atoms with E-state index in [2.05, 4.69) is 10.3 Å². The van der Waals surface area contributed by atoms with Crippen LogP contribution in [-0.4, -0.2) is 56.8 Å². The molecule has 2 aromatic heterocycles. The van der Waals surface area contributed by atoms with Crippen molar-refractivity contribution in [2.45, 2.75) is 6.42 Å². The number of carboxylic acid groups (broad SMARTS) is 1. The minimum Gasteiger partial charge on any atom is -0.478 e. The number of piperidine rings is 1. The highest BCUT2D eigenvalue weighted by atomic mass is 16.4. The average molecular weight is 418 g/mol. The van der Waals surface area contributed by atoms with Gasteiger partial charge in [0, 0.05) is 43.8 Å². The zero-order chi connectivity index (χ0) is 21.5. The number of nitrogens with zero attached hydrogens (tertiary/aromatic N) is 3. The Kier molecular flexibility index (Phi) is 4.69. The molecule has 8 nitrogen and oxygen atoms in total. The van der Waals surface area contributed by atoms with Crippen molar-refractivity contribution < 1.29 is 19.5 Å². The maximum absolute atomic E-state index is 12.7. The fourth-order valence-corrected chi connectivity index (χ4v) is 4.72.